The molecule has 0 aliphatic carbocycles. The fourth-order valence-corrected chi connectivity index (χ4v) is 3.71. The third-order valence-electron chi connectivity index (χ3n) is 5.22. The summed E-state index contributed by atoms with van der Waals surface area (Å²) in [6.45, 7) is 9.62. The van der Waals surface area contributed by atoms with Crippen LogP contribution in [0.4, 0.5) is 0 Å². The summed E-state index contributed by atoms with van der Waals surface area (Å²) in [5.41, 5.74) is 0.308. The van der Waals surface area contributed by atoms with Crippen LogP contribution >= 0.6 is 0 Å². The number of nitrogens with one attached hydrogen (secondary N) is 1. The highest BCUT2D eigenvalue weighted by Gasteiger charge is 2.30. The number of pyridine rings is 1. The van der Waals surface area contributed by atoms with Gasteiger partial charge in [0.25, 0.3) is 11.5 Å². The van der Waals surface area contributed by atoms with E-state index in [0.717, 1.165) is 19.3 Å². The topological polar surface area (TPSA) is 60.3 Å². The first-order valence-corrected chi connectivity index (χ1v) is 9.84. The number of rotatable bonds is 5. The molecule has 0 bridgehead atoms. The van der Waals surface area contributed by atoms with Crippen molar-refractivity contribution in [3.05, 3.63) is 46.4 Å². The largest absolute Gasteiger partial charge is 0.375 e. The maximum atomic E-state index is 13.1. The summed E-state index contributed by atoms with van der Waals surface area (Å²) < 4.78 is 7.43. The van der Waals surface area contributed by atoms with Crippen molar-refractivity contribution in [2.24, 2.45) is 5.92 Å². The minimum Gasteiger partial charge on any atom is -0.375 e. The molecule has 27 heavy (non-hydrogen) atoms. The van der Waals surface area contributed by atoms with Crippen LogP contribution < -0.4 is 10.9 Å². The summed E-state index contributed by atoms with van der Waals surface area (Å²) in [6.07, 6.45) is 4.21. The Hall–Kier alpha value is -2.14. The average molecular weight is 370 g/mol. The lowest BCUT2D eigenvalue weighted by Crippen LogP contribution is -2.46. The number of aryl methyl sites for hydroxylation is 1. The second-order valence-electron chi connectivity index (χ2n) is 8.54. The zero-order valence-electron chi connectivity index (χ0n) is 16.7. The number of amides is 1. The summed E-state index contributed by atoms with van der Waals surface area (Å²) in [4.78, 5) is 25.9. The minimum absolute atomic E-state index is 0.0324. The Morgan fingerprint density at radius 3 is 2.67 bits per heavy atom. The van der Waals surface area contributed by atoms with Gasteiger partial charge in [0.05, 0.1) is 11.2 Å². The molecule has 0 unspecified atom stereocenters. The van der Waals surface area contributed by atoms with Gasteiger partial charge in [0, 0.05) is 36.2 Å². The van der Waals surface area contributed by atoms with Crippen LogP contribution in [0, 0.1) is 5.92 Å². The van der Waals surface area contributed by atoms with Crippen LogP contribution in [0.25, 0.3) is 10.8 Å². The molecule has 1 atom stereocenters. The maximum absolute atomic E-state index is 13.1. The molecule has 1 aromatic heterocycles. The first-order chi connectivity index (χ1) is 12.8. The highest BCUT2D eigenvalue weighted by molar-refractivity contribution is 6.06. The van der Waals surface area contributed by atoms with Crippen molar-refractivity contribution >= 4 is 16.7 Å². The van der Waals surface area contributed by atoms with Crippen molar-refractivity contribution in [2.45, 2.75) is 65.1 Å². The molecule has 0 saturated carbocycles. The van der Waals surface area contributed by atoms with Gasteiger partial charge in [0.2, 0.25) is 0 Å². The molecule has 1 aliphatic heterocycles. The molecular weight excluding hydrogens is 340 g/mol. The zero-order valence-corrected chi connectivity index (χ0v) is 16.7. The molecule has 1 saturated heterocycles. The monoisotopic (exact) mass is 370 g/mol. The third-order valence-corrected chi connectivity index (χ3v) is 5.22. The summed E-state index contributed by atoms with van der Waals surface area (Å²) >= 11 is 0. The molecule has 1 amide bonds. The molecule has 2 aromatic rings. The SMILES string of the molecule is CC(C)CCn1cc(C(=O)N[C@H]2CCOC(C)(C)C2)c2ccccc2c1=O. The fourth-order valence-electron chi connectivity index (χ4n) is 3.71. The van der Waals surface area contributed by atoms with Crippen LogP contribution in [0.5, 0.6) is 0 Å². The first kappa shape index (κ1) is 19.6. The summed E-state index contributed by atoms with van der Waals surface area (Å²) in [5, 5.41) is 4.47. The molecule has 0 spiro atoms. The zero-order chi connectivity index (χ0) is 19.6. The van der Waals surface area contributed by atoms with Crippen molar-refractivity contribution < 1.29 is 9.53 Å². The quantitative estimate of drug-likeness (QED) is 0.872. The Bertz CT molecular complexity index is 883. The Balaban J connectivity index is 1.93. The molecule has 1 N–H and O–H groups in total. The van der Waals surface area contributed by atoms with E-state index >= 15 is 0 Å². The van der Waals surface area contributed by atoms with Gasteiger partial charge in [0.15, 0.2) is 0 Å². The van der Waals surface area contributed by atoms with Crippen LogP contribution in [0.2, 0.25) is 0 Å². The highest BCUT2D eigenvalue weighted by Crippen LogP contribution is 2.24. The molecule has 5 nitrogen and oxygen atoms in total. The van der Waals surface area contributed by atoms with E-state index in [-0.39, 0.29) is 23.1 Å². The molecule has 1 fully saturated rings. The average Bonchev–Trinajstić information content (AvgIpc) is 2.60. The number of hydrogen-bond donors (Lipinski definition) is 1. The van der Waals surface area contributed by atoms with Crippen LogP contribution in [0.3, 0.4) is 0 Å². The highest BCUT2D eigenvalue weighted by atomic mass is 16.5. The number of ether oxygens (including phenoxy) is 1. The van der Waals surface area contributed by atoms with Gasteiger partial charge < -0.3 is 14.6 Å². The van der Waals surface area contributed by atoms with Gasteiger partial charge >= 0.3 is 0 Å². The van der Waals surface area contributed by atoms with E-state index < -0.39 is 0 Å². The van der Waals surface area contributed by atoms with Gasteiger partial charge in [0.1, 0.15) is 0 Å². The lowest BCUT2D eigenvalue weighted by molar-refractivity contribution is -0.0615. The predicted molar refractivity (Wildman–Crippen MR) is 108 cm³/mol. The van der Waals surface area contributed by atoms with E-state index in [2.05, 4.69) is 19.2 Å². The van der Waals surface area contributed by atoms with E-state index in [1.165, 1.54) is 0 Å². The maximum Gasteiger partial charge on any atom is 0.258 e. The first-order valence-electron chi connectivity index (χ1n) is 9.84. The Labute approximate surface area is 160 Å². The number of nitrogens with zero attached hydrogens (tertiary/aromatic N) is 1. The normalized spacial score (nSPS) is 19.4. The fraction of sp³-hybridized carbons (Fsp3) is 0.545. The van der Waals surface area contributed by atoms with Gasteiger partial charge in [-0.05, 0) is 45.1 Å². The van der Waals surface area contributed by atoms with Crippen LogP contribution in [0.15, 0.2) is 35.3 Å². The van der Waals surface area contributed by atoms with Gasteiger partial charge in [-0.3, -0.25) is 9.59 Å². The number of carbonyl (C=O) groups is 1. The van der Waals surface area contributed by atoms with E-state index in [1.54, 1.807) is 16.8 Å². The van der Waals surface area contributed by atoms with Crippen molar-refractivity contribution in [1.29, 1.82) is 0 Å². The van der Waals surface area contributed by atoms with Crippen LogP contribution in [-0.2, 0) is 11.3 Å². The standard InChI is InChI=1S/C22H30N2O3/c1-15(2)9-11-24-14-19(17-7-5-6-8-18(17)21(24)26)20(25)23-16-10-12-27-22(3,4)13-16/h5-8,14-16H,9-13H2,1-4H3,(H,23,25)/t16-/m0/s1. The van der Waals surface area contributed by atoms with Gasteiger partial charge in [-0.15, -0.1) is 0 Å². The van der Waals surface area contributed by atoms with Gasteiger partial charge in [-0.1, -0.05) is 32.0 Å². The molecular formula is C22H30N2O3. The third kappa shape index (κ3) is 4.59. The Morgan fingerprint density at radius 2 is 2.00 bits per heavy atom. The van der Waals surface area contributed by atoms with Crippen molar-refractivity contribution in [3.8, 4) is 0 Å². The van der Waals surface area contributed by atoms with Crippen molar-refractivity contribution in [1.82, 2.24) is 9.88 Å². The Morgan fingerprint density at radius 1 is 1.30 bits per heavy atom. The van der Waals surface area contributed by atoms with E-state index in [0.29, 0.717) is 35.4 Å². The molecule has 2 heterocycles. The molecule has 0 radical (unpaired) electrons. The molecule has 5 heteroatoms. The Kier molecular flexibility index (Phi) is 5.70. The second-order valence-corrected chi connectivity index (χ2v) is 8.54. The number of benzene rings is 1. The van der Waals surface area contributed by atoms with Crippen LogP contribution in [-0.4, -0.2) is 28.7 Å². The molecule has 146 valence electrons. The number of aromatic nitrogens is 1. The smallest absolute Gasteiger partial charge is 0.258 e. The van der Waals surface area contributed by atoms with Gasteiger partial charge in [-0.25, -0.2) is 0 Å². The summed E-state index contributed by atoms with van der Waals surface area (Å²) in [7, 11) is 0. The van der Waals surface area contributed by atoms with E-state index in [9.17, 15) is 9.59 Å². The molecule has 3 rings (SSSR count). The minimum atomic E-state index is -0.228. The second kappa shape index (κ2) is 7.85. The number of carbonyl (C=O) groups excluding carboxylic acids is 1. The van der Waals surface area contributed by atoms with E-state index in [4.69, 9.17) is 4.74 Å². The molecule has 1 aliphatic rings. The summed E-state index contributed by atoms with van der Waals surface area (Å²) in [5.74, 6) is 0.373. The lowest BCUT2D eigenvalue weighted by Gasteiger charge is -2.35. The number of fused-ring (bicyclic) bond motifs is 1. The van der Waals surface area contributed by atoms with Crippen molar-refractivity contribution in [2.75, 3.05) is 6.61 Å². The summed E-state index contributed by atoms with van der Waals surface area (Å²) in [6, 6.07) is 7.45. The number of hydrogen-bond acceptors (Lipinski definition) is 3. The van der Waals surface area contributed by atoms with Crippen molar-refractivity contribution in [3.63, 3.8) is 0 Å². The van der Waals surface area contributed by atoms with Crippen LogP contribution in [0.1, 0.15) is 57.3 Å². The lowest BCUT2D eigenvalue weighted by atomic mass is 9.93. The van der Waals surface area contributed by atoms with E-state index in [1.807, 2.05) is 32.0 Å². The van der Waals surface area contributed by atoms with Gasteiger partial charge in [-0.2, -0.15) is 0 Å². The molecule has 1 aromatic carbocycles. The predicted octanol–water partition coefficient (Wildman–Crippen LogP) is 3.74.